The fourth-order valence-electron chi connectivity index (χ4n) is 2.95. The highest BCUT2D eigenvalue weighted by Gasteiger charge is 2.42. The average molecular weight is 488 g/mol. The van der Waals surface area contributed by atoms with E-state index in [1.807, 2.05) is 0 Å². The van der Waals surface area contributed by atoms with Gasteiger partial charge in [0.25, 0.3) is 5.09 Å². The Morgan fingerprint density at radius 1 is 1.15 bits per heavy atom. The Bertz CT molecular complexity index is 1070. The molecule has 0 saturated heterocycles. The largest absolute Gasteiger partial charge is 0.497 e. The van der Waals surface area contributed by atoms with Crippen LogP contribution < -0.4 is 10.5 Å². The summed E-state index contributed by atoms with van der Waals surface area (Å²) in [6.07, 6.45) is -4.11. The molecule has 3 atom stereocenters. The third kappa shape index (κ3) is 7.64. The van der Waals surface area contributed by atoms with E-state index in [2.05, 4.69) is 14.5 Å². The number of benzene rings is 2. The standard InChI is InChI=1S/C18H22N3O11P/c1-3-16(19)31-21(25)32-18(22)17(15(30-20(23)24)10-33(26,27)28)13-5-4-12-9-14(29-2)7-6-11(12)8-13/h4-9,15-17H,3,10,19H2,1-2H3,(H-,26,27,28)/p+1/t15?,16?,17-/m0/s1. The topological polar surface area (TPSA) is 201 Å². The number of hydrogen-bond donors (Lipinski definition) is 3. The molecule has 14 nitrogen and oxygen atoms in total. The predicted octanol–water partition coefficient (Wildman–Crippen LogP) is 1.55. The maximum absolute atomic E-state index is 12.8. The molecule has 2 aromatic rings. The van der Waals surface area contributed by atoms with E-state index >= 15 is 0 Å². The second kappa shape index (κ2) is 11.0. The summed E-state index contributed by atoms with van der Waals surface area (Å²) in [5.74, 6) is -2.65. The summed E-state index contributed by atoms with van der Waals surface area (Å²) >= 11 is 0. The fourth-order valence-corrected chi connectivity index (χ4v) is 3.69. The smallest absolute Gasteiger partial charge is 0.487 e. The maximum Gasteiger partial charge on any atom is 0.487 e. The van der Waals surface area contributed by atoms with Gasteiger partial charge in [-0.1, -0.05) is 31.2 Å². The second-order valence-electron chi connectivity index (χ2n) is 6.85. The molecule has 2 rings (SSSR count). The number of hydrogen-bond acceptors (Lipinski definition) is 10. The Hall–Kier alpha value is -3.32. The number of nitrogens with two attached hydrogens (primary N) is 1. The molecule has 0 aliphatic rings. The van der Waals surface area contributed by atoms with Gasteiger partial charge in [-0.05, 0) is 28.5 Å². The molecule has 180 valence electrons. The zero-order valence-corrected chi connectivity index (χ0v) is 18.5. The summed E-state index contributed by atoms with van der Waals surface area (Å²) in [5, 5.41) is 10.4. The molecular weight excluding hydrogens is 465 g/mol. The van der Waals surface area contributed by atoms with Crippen LogP contribution in [0.25, 0.3) is 10.8 Å². The molecular formula is C18H23N3O11P+. The van der Waals surface area contributed by atoms with Gasteiger partial charge in [0, 0.05) is 6.42 Å². The molecule has 0 saturated carbocycles. The van der Waals surface area contributed by atoms with Crippen LogP contribution in [-0.4, -0.2) is 51.5 Å². The van der Waals surface area contributed by atoms with Gasteiger partial charge in [0.2, 0.25) is 6.23 Å². The number of rotatable bonds is 12. The van der Waals surface area contributed by atoms with Crippen LogP contribution in [0.5, 0.6) is 5.75 Å². The molecule has 0 fully saturated rings. The predicted molar refractivity (Wildman–Crippen MR) is 111 cm³/mol. The summed E-state index contributed by atoms with van der Waals surface area (Å²) < 4.78 is 16.7. The van der Waals surface area contributed by atoms with Crippen molar-refractivity contribution in [2.75, 3.05) is 13.3 Å². The molecule has 2 unspecified atom stereocenters. The van der Waals surface area contributed by atoms with Crippen LogP contribution in [0, 0.1) is 15.0 Å². The summed E-state index contributed by atoms with van der Waals surface area (Å²) in [5.41, 5.74) is 5.48. The van der Waals surface area contributed by atoms with Crippen LogP contribution in [0.4, 0.5) is 0 Å². The van der Waals surface area contributed by atoms with Crippen molar-refractivity contribution in [3.63, 3.8) is 0 Å². The van der Waals surface area contributed by atoms with Gasteiger partial charge < -0.3 is 19.4 Å². The van der Waals surface area contributed by atoms with E-state index in [0.29, 0.717) is 16.5 Å². The fraction of sp³-hybridized carbons (Fsp3) is 0.389. The quantitative estimate of drug-likeness (QED) is 0.169. The molecule has 0 aliphatic carbocycles. The van der Waals surface area contributed by atoms with Crippen molar-refractivity contribution in [3.8, 4) is 5.75 Å². The third-order valence-electron chi connectivity index (χ3n) is 4.48. The molecule has 0 aromatic heterocycles. The summed E-state index contributed by atoms with van der Waals surface area (Å²) in [4.78, 5) is 67.9. The molecule has 0 aliphatic heterocycles. The van der Waals surface area contributed by atoms with Crippen molar-refractivity contribution in [1.82, 2.24) is 0 Å². The molecule has 4 N–H and O–H groups in total. The van der Waals surface area contributed by atoms with Crippen molar-refractivity contribution in [2.24, 2.45) is 5.73 Å². The van der Waals surface area contributed by atoms with Crippen molar-refractivity contribution in [2.45, 2.75) is 31.6 Å². The Balaban J connectivity index is 2.51. The first-order chi connectivity index (χ1) is 15.4. The Kier molecular flexibility index (Phi) is 8.65. The second-order valence-corrected chi connectivity index (χ2v) is 8.55. The van der Waals surface area contributed by atoms with Crippen LogP contribution in [-0.2, 0) is 23.9 Å². The third-order valence-corrected chi connectivity index (χ3v) is 5.32. The van der Waals surface area contributed by atoms with E-state index in [9.17, 15) is 34.2 Å². The summed E-state index contributed by atoms with van der Waals surface area (Å²) in [6, 6.07) is 9.30. The van der Waals surface area contributed by atoms with Crippen molar-refractivity contribution < 1.29 is 48.6 Å². The Labute approximate surface area is 186 Å². The lowest BCUT2D eigenvalue weighted by molar-refractivity contribution is -0.970. The zero-order chi connectivity index (χ0) is 24.8. The SMILES string of the molecule is CCC(N)O[N+](=O)OC(=O)[C@@H](c1ccc2cc(OC)ccc2c1)C(CP(=O)(O)O)O[N+](=O)[O-]. The maximum atomic E-state index is 12.8. The van der Waals surface area contributed by atoms with Gasteiger partial charge in [0.05, 0.1) is 13.3 Å². The van der Waals surface area contributed by atoms with E-state index in [-0.39, 0.29) is 12.0 Å². The molecule has 2 aromatic carbocycles. The normalized spacial score (nSPS) is 14.1. The highest BCUT2D eigenvalue weighted by Crippen LogP contribution is 2.40. The first-order valence-electron chi connectivity index (χ1n) is 9.48. The number of nitrogens with zero attached hydrogens (tertiary/aromatic N) is 2. The molecule has 0 heterocycles. The van der Waals surface area contributed by atoms with Crippen molar-refractivity contribution >= 4 is 24.3 Å². The van der Waals surface area contributed by atoms with Crippen molar-refractivity contribution in [3.05, 3.63) is 57.0 Å². The van der Waals surface area contributed by atoms with Gasteiger partial charge in [-0.25, -0.2) is 4.79 Å². The molecule has 0 radical (unpaired) electrons. The first kappa shape index (κ1) is 25.9. The number of carbonyl (C=O) groups is 1. The van der Waals surface area contributed by atoms with Crippen LogP contribution in [0.1, 0.15) is 24.8 Å². The van der Waals surface area contributed by atoms with Gasteiger partial charge in [-0.2, -0.15) is 4.84 Å². The lowest BCUT2D eigenvalue weighted by atomic mass is 9.92. The zero-order valence-electron chi connectivity index (χ0n) is 17.6. The number of ether oxygens (including phenoxy) is 1. The minimum atomic E-state index is -4.91. The molecule has 0 bridgehead atoms. The van der Waals surface area contributed by atoms with Crippen LogP contribution in [0.3, 0.4) is 0 Å². The first-order valence-corrected chi connectivity index (χ1v) is 11.3. The average Bonchev–Trinajstić information content (AvgIpc) is 2.71. The van der Waals surface area contributed by atoms with Crippen LogP contribution in [0.15, 0.2) is 36.4 Å². The van der Waals surface area contributed by atoms with E-state index in [1.165, 1.54) is 19.2 Å². The van der Waals surface area contributed by atoms with E-state index < -0.39 is 48.1 Å². The van der Waals surface area contributed by atoms with E-state index in [4.69, 9.17) is 10.5 Å². The van der Waals surface area contributed by atoms with Gasteiger partial charge in [-0.15, -0.1) is 15.0 Å². The number of fused-ring (bicyclic) bond motifs is 1. The van der Waals surface area contributed by atoms with Gasteiger partial charge in [0.15, 0.2) is 0 Å². The van der Waals surface area contributed by atoms with E-state index in [0.717, 1.165) is 0 Å². The number of carbonyl (C=O) groups excluding carboxylic acids is 1. The minimum absolute atomic E-state index is 0.0335. The number of methoxy groups -OCH3 is 1. The summed E-state index contributed by atoms with van der Waals surface area (Å²) in [7, 11) is -3.43. The Morgan fingerprint density at radius 3 is 2.36 bits per heavy atom. The molecule has 0 spiro atoms. The lowest BCUT2D eigenvalue weighted by Crippen LogP contribution is -2.37. The monoisotopic (exact) mass is 488 g/mol. The van der Waals surface area contributed by atoms with Gasteiger partial charge in [-0.3, -0.25) is 10.3 Å². The molecule has 33 heavy (non-hydrogen) atoms. The van der Waals surface area contributed by atoms with Crippen molar-refractivity contribution in [1.29, 1.82) is 0 Å². The van der Waals surface area contributed by atoms with Gasteiger partial charge >= 0.3 is 18.7 Å². The Morgan fingerprint density at radius 2 is 1.79 bits per heavy atom. The van der Waals surface area contributed by atoms with E-state index in [1.54, 1.807) is 31.2 Å². The minimum Gasteiger partial charge on any atom is -0.497 e. The highest BCUT2D eigenvalue weighted by atomic mass is 31.2. The van der Waals surface area contributed by atoms with Gasteiger partial charge in [0.1, 0.15) is 22.7 Å². The lowest BCUT2D eigenvalue weighted by Gasteiger charge is -2.22. The molecule has 15 heteroatoms. The van der Waals surface area contributed by atoms with Crippen LogP contribution >= 0.6 is 7.60 Å². The van der Waals surface area contributed by atoms with Crippen LogP contribution in [0.2, 0.25) is 0 Å². The molecule has 0 amide bonds. The highest BCUT2D eigenvalue weighted by molar-refractivity contribution is 7.51. The summed E-state index contributed by atoms with van der Waals surface area (Å²) in [6.45, 7) is 1.59.